The summed E-state index contributed by atoms with van der Waals surface area (Å²) in [6.07, 6.45) is 3.54. The van der Waals surface area contributed by atoms with Crippen molar-refractivity contribution >= 4 is 11.8 Å². The largest absolute Gasteiger partial charge is 0.343 e. The molecule has 0 saturated carbocycles. The van der Waals surface area contributed by atoms with E-state index in [4.69, 9.17) is 0 Å². The van der Waals surface area contributed by atoms with Gasteiger partial charge < -0.3 is 10.2 Å². The maximum Gasteiger partial charge on any atom is 0.245 e. The maximum atomic E-state index is 12.1. The van der Waals surface area contributed by atoms with Gasteiger partial charge in [-0.2, -0.15) is 0 Å². The van der Waals surface area contributed by atoms with Crippen LogP contribution >= 0.6 is 0 Å². The molecule has 2 rings (SSSR count). The molecule has 16 heavy (non-hydrogen) atoms. The molecule has 0 aromatic carbocycles. The molecule has 2 aliphatic rings. The average Bonchev–Trinajstić information content (AvgIpc) is 2.70. The van der Waals surface area contributed by atoms with Crippen LogP contribution in [0.15, 0.2) is 0 Å². The monoisotopic (exact) mass is 224 g/mol. The van der Waals surface area contributed by atoms with Gasteiger partial charge in [0.25, 0.3) is 0 Å². The van der Waals surface area contributed by atoms with Crippen LogP contribution < -0.4 is 5.32 Å². The summed E-state index contributed by atoms with van der Waals surface area (Å²) < 4.78 is 0. The zero-order valence-electron chi connectivity index (χ0n) is 10.0. The standard InChI is InChI=1S/C12H20N2O2/c1-8(2)5-6-9-12(16)14-7-3-4-10(14)11(15)13-9/h8-10H,3-7H2,1-2H3,(H,13,15)/t9-,10+/m0/s1. The first-order valence-electron chi connectivity index (χ1n) is 6.20. The number of fused-ring (bicyclic) bond motifs is 1. The number of rotatable bonds is 3. The van der Waals surface area contributed by atoms with E-state index in [9.17, 15) is 9.59 Å². The van der Waals surface area contributed by atoms with Crippen LogP contribution in [0.25, 0.3) is 0 Å². The molecule has 2 fully saturated rings. The molecule has 0 radical (unpaired) electrons. The van der Waals surface area contributed by atoms with Gasteiger partial charge in [0.05, 0.1) is 0 Å². The van der Waals surface area contributed by atoms with Crippen LogP contribution in [0.5, 0.6) is 0 Å². The fourth-order valence-electron chi connectivity index (χ4n) is 2.53. The Hall–Kier alpha value is -1.06. The second-order valence-corrected chi connectivity index (χ2v) is 5.22. The quantitative estimate of drug-likeness (QED) is 0.774. The average molecular weight is 224 g/mol. The van der Waals surface area contributed by atoms with Crippen molar-refractivity contribution in [3.63, 3.8) is 0 Å². The van der Waals surface area contributed by atoms with E-state index in [-0.39, 0.29) is 23.9 Å². The molecule has 0 aliphatic carbocycles. The lowest BCUT2D eigenvalue weighted by atomic mass is 9.99. The third-order valence-corrected chi connectivity index (χ3v) is 3.49. The number of hydrogen-bond acceptors (Lipinski definition) is 2. The van der Waals surface area contributed by atoms with Crippen LogP contribution in [0.4, 0.5) is 0 Å². The van der Waals surface area contributed by atoms with E-state index in [2.05, 4.69) is 19.2 Å². The fraction of sp³-hybridized carbons (Fsp3) is 0.833. The molecular formula is C12H20N2O2. The first-order valence-corrected chi connectivity index (χ1v) is 6.20. The van der Waals surface area contributed by atoms with Crippen molar-refractivity contribution in [3.8, 4) is 0 Å². The molecule has 90 valence electrons. The smallest absolute Gasteiger partial charge is 0.245 e. The molecule has 0 spiro atoms. The number of carbonyl (C=O) groups excluding carboxylic acids is 2. The highest BCUT2D eigenvalue weighted by Crippen LogP contribution is 2.23. The lowest BCUT2D eigenvalue weighted by Crippen LogP contribution is -2.61. The van der Waals surface area contributed by atoms with Gasteiger partial charge in [0.15, 0.2) is 0 Å². The number of piperazine rings is 1. The van der Waals surface area contributed by atoms with Crippen molar-refractivity contribution in [3.05, 3.63) is 0 Å². The summed E-state index contributed by atoms with van der Waals surface area (Å²) in [5, 5.41) is 2.86. The van der Waals surface area contributed by atoms with Gasteiger partial charge in [0.2, 0.25) is 11.8 Å². The van der Waals surface area contributed by atoms with Crippen LogP contribution in [0, 0.1) is 5.92 Å². The lowest BCUT2D eigenvalue weighted by molar-refractivity contribution is -0.147. The van der Waals surface area contributed by atoms with E-state index >= 15 is 0 Å². The van der Waals surface area contributed by atoms with Gasteiger partial charge in [0, 0.05) is 6.54 Å². The predicted octanol–water partition coefficient (Wildman–Crippen LogP) is 0.912. The number of carbonyl (C=O) groups is 2. The van der Waals surface area contributed by atoms with Crippen LogP contribution in [-0.2, 0) is 9.59 Å². The minimum absolute atomic E-state index is 0.0471. The third-order valence-electron chi connectivity index (χ3n) is 3.49. The summed E-state index contributed by atoms with van der Waals surface area (Å²) in [6.45, 7) is 5.02. The molecule has 2 heterocycles. The van der Waals surface area contributed by atoms with Gasteiger partial charge in [-0.25, -0.2) is 0 Å². The van der Waals surface area contributed by atoms with Crippen molar-refractivity contribution in [2.24, 2.45) is 5.92 Å². The molecule has 0 aromatic rings. The summed E-state index contributed by atoms with van der Waals surface area (Å²) in [7, 11) is 0. The first-order chi connectivity index (χ1) is 7.59. The minimum atomic E-state index is -0.274. The Balaban J connectivity index is 2.00. The van der Waals surface area contributed by atoms with Crippen LogP contribution in [0.2, 0.25) is 0 Å². The van der Waals surface area contributed by atoms with Crippen LogP contribution in [0.1, 0.15) is 39.5 Å². The van der Waals surface area contributed by atoms with Gasteiger partial charge >= 0.3 is 0 Å². The van der Waals surface area contributed by atoms with Gasteiger partial charge in [-0.1, -0.05) is 13.8 Å². The molecule has 2 atom stereocenters. The van der Waals surface area contributed by atoms with E-state index in [0.29, 0.717) is 5.92 Å². The number of amides is 2. The van der Waals surface area contributed by atoms with Crippen molar-refractivity contribution in [2.75, 3.05) is 6.54 Å². The van der Waals surface area contributed by atoms with Crippen LogP contribution in [0.3, 0.4) is 0 Å². The SMILES string of the molecule is CC(C)CC[C@@H]1NC(=O)[C@H]2CCCN2C1=O. The zero-order chi connectivity index (χ0) is 11.7. The molecule has 2 amide bonds. The Morgan fingerprint density at radius 3 is 2.88 bits per heavy atom. The lowest BCUT2D eigenvalue weighted by Gasteiger charge is -2.34. The molecule has 1 N–H and O–H groups in total. The third kappa shape index (κ3) is 2.06. The minimum Gasteiger partial charge on any atom is -0.343 e. The van der Waals surface area contributed by atoms with Crippen LogP contribution in [-0.4, -0.2) is 35.3 Å². The summed E-state index contributed by atoms with van der Waals surface area (Å²) >= 11 is 0. The Bertz CT molecular complexity index is 301. The van der Waals surface area contributed by atoms with Crippen molar-refractivity contribution in [2.45, 2.75) is 51.6 Å². The van der Waals surface area contributed by atoms with E-state index in [1.807, 2.05) is 0 Å². The second kappa shape index (κ2) is 4.44. The molecule has 0 aromatic heterocycles. The van der Waals surface area contributed by atoms with Gasteiger partial charge in [-0.15, -0.1) is 0 Å². The predicted molar refractivity (Wildman–Crippen MR) is 60.7 cm³/mol. The summed E-state index contributed by atoms with van der Waals surface area (Å²) in [5.41, 5.74) is 0. The second-order valence-electron chi connectivity index (χ2n) is 5.22. The molecule has 2 saturated heterocycles. The number of hydrogen-bond donors (Lipinski definition) is 1. The fourth-order valence-corrected chi connectivity index (χ4v) is 2.53. The Morgan fingerprint density at radius 2 is 2.19 bits per heavy atom. The topological polar surface area (TPSA) is 49.4 Å². The van der Waals surface area contributed by atoms with Crippen molar-refractivity contribution in [1.29, 1.82) is 0 Å². The Morgan fingerprint density at radius 1 is 1.44 bits per heavy atom. The number of nitrogens with one attached hydrogen (secondary N) is 1. The molecule has 0 unspecified atom stereocenters. The molecular weight excluding hydrogens is 204 g/mol. The van der Waals surface area contributed by atoms with E-state index in [0.717, 1.165) is 32.2 Å². The van der Waals surface area contributed by atoms with Crippen molar-refractivity contribution in [1.82, 2.24) is 10.2 Å². The Kier molecular flexibility index (Phi) is 3.17. The molecule has 2 aliphatic heterocycles. The Labute approximate surface area is 96.4 Å². The van der Waals surface area contributed by atoms with Crippen molar-refractivity contribution < 1.29 is 9.59 Å². The normalized spacial score (nSPS) is 29.6. The van der Waals surface area contributed by atoms with Gasteiger partial charge in [-0.05, 0) is 31.6 Å². The highest BCUT2D eigenvalue weighted by molar-refractivity contribution is 5.97. The number of nitrogens with zero attached hydrogens (tertiary/aromatic N) is 1. The van der Waals surface area contributed by atoms with Gasteiger partial charge in [0.1, 0.15) is 12.1 Å². The molecule has 4 nitrogen and oxygen atoms in total. The molecule has 0 bridgehead atoms. The maximum absolute atomic E-state index is 12.1. The first kappa shape index (κ1) is 11.4. The summed E-state index contributed by atoms with van der Waals surface area (Å²) in [5.74, 6) is 0.745. The van der Waals surface area contributed by atoms with E-state index in [1.165, 1.54) is 0 Å². The van der Waals surface area contributed by atoms with Gasteiger partial charge in [-0.3, -0.25) is 9.59 Å². The summed E-state index contributed by atoms with van der Waals surface area (Å²) in [4.78, 5) is 25.6. The molecule has 4 heteroatoms. The summed E-state index contributed by atoms with van der Waals surface area (Å²) in [6, 6.07) is -0.452. The highest BCUT2D eigenvalue weighted by Gasteiger charge is 2.42. The zero-order valence-corrected chi connectivity index (χ0v) is 10.0. The highest BCUT2D eigenvalue weighted by atomic mass is 16.2. The van der Waals surface area contributed by atoms with E-state index in [1.54, 1.807) is 4.90 Å². The van der Waals surface area contributed by atoms with E-state index < -0.39 is 0 Å².